The Morgan fingerprint density at radius 2 is 1.88 bits per heavy atom. The zero-order valence-electron chi connectivity index (χ0n) is 14.5. The minimum atomic E-state index is -0.435. The zero-order valence-corrected chi connectivity index (χ0v) is 15.2. The molecule has 26 heavy (non-hydrogen) atoms. The molecule has 0 aliphatic carbocycles. The number of halogens is 3. The standard InChI is InChI=1S/C19H21ClF2N2O2/c1-24(13-16-17(20)5-4-6-18(16)22)19(25)23-11-2-3-12-26-15-9-7-14(21)8-10-15/h4-10H,2-3,11-13H2,1H3,(H,23,25). The Morgan fingerprint density at radius 3 is 2.58 bits per heavy atom. The zero-order chi connectivity index (χ0) is 18.9. The van der Waals surface area contributed by atoms with E-state index in [0.717, 1.165) is 12.8 Å². The third-order valence-corrected chi connectivity index (χ3v) is 4.09. The molecule has 0 unspecified atom stereocenters. The lowest BCUT2D eigenvalue weighted by Crippen LogP contribution is -2.37. The Bertz CT molecular complexity index is 706. The number of hydrogen-bond acceptors (Lipinski definition) is 2. The average molecular weight is 383 g/mol. The van der Waals surface area contributed by atoms with E-state index in [2.05, 4.69) is 5.32 Å². The first kappa shape index (κ1) is 20.0. The molecule has 0 spiro atoms. The van der Waals surface area contributed by atoms with Crippen molar-refractivity contribution in [1.82, 2.24) is 10.2 Å². The summed E-state index contributed by atoms with van der Waals surface area (Å²) in [6.07, 6.45) is 1.46. The van der Waals surface area contributed by atoms with Crippen molar-refractivity contribution in [3.8, 4) is 5.75 Å². The monoisotopic (exact) mass is 382 g/mol. The first-order valence-electron chi connectivity index (χ1n) is 8.27. The fourth-order valence-electron chi connectivity index (χ4n) is 2.27. The van der Waals surface area contributed by atoms with Crippen molar-refractivity contribution in [3.05, 3.63) is 64.7 Å². The highest BCUT2D eigenvalue weighted by Gasteiger charge is 2.13. The molecule has 0 atom stereocenters. The minimum Gasteiger partial charge on any atom is -0.494 e. The molecule has 0 saturated carbocycles. The number of carbonyl (C=O) groups excluding carboxylic acids is 1. The number of carbonyl (C=O) groups is 1. The number of rotatable bonds is 8. The van der Waals surface area contributed by atoms with Crippen LogP contribution >= 0.6 is 11.6 Å². The maximum Gasteiger partial charge on any atom is 0.317 e. The largest absolute Gasteiger partial charge is 0.494 e. The van der Waals surface area contributed by atoms with Crippen molar-refractivity contribution in [2.24, 2.45) is 0 Å². The van der Waals surface area contributed by atoms with Gasteiger partial charge in [0.1, 0.15) is 17.4 Å². The fraction of sp³-hybridized carbons (Fsp3) is 0.316. The number of amides is 2. The quantitative estimate of drug-likeness (QED) is 0.677. The molecule has 2 rings (SSSR count). The summed E-state index contributed by atoms with van der Waals surface area (Å²) in [5.74, 6) is -0.132. The lowest BCUT2D eigenvalue weighted by Gasteiger charge is -2.19. The smallest absolute Gasteiger partial charge is 0.317 e. The summed E-state index contributed by atoms with van der Waals surface area (Å²) in [4.78, 5) is 13.4. The van der Waals surface area contributed by atoms with Crippen LogP contribution in [0.25, 0.3) is 0 Å². The predicted molar refractivity (Wildman–Crippen MR) is 97.4 cm³/mol. The second-order valence-corrected chi connectivity index (χ2v) is 6.20. The van der Waals surface area contributed by atoms with Gasteiger partial charge in [0.15, 0.2) is 0 Å². The molecule has 0 saturated heterocycles. The van der Waals surface area contributed by atoms with E-state index in [0.29, 0.717) is 29.5 Å². The Balaban J connectivity index is 1.64. The van der Waals surface area contributed by atoms with Crippen LogP contribution in [0.3, 0.4) is 0 Å². The number of urea groups is 1. The highest BCUT2D eigenvalue weighted by atomic mass is 35.5. The number of nitrogens with zero attached hydrogens (tertiary/aromatic N) is 1. The molecule has 0 radical (unpaired) electrons. The van der Waals surface area contributed by atoms with Crippen molar-refractivity contribution < 1.29 is 18.3 Å². The van der Waals surface area contributed by atoms with Gasteiger partial charge in [-0.05, 0) is 49.2 Å². The summed E-state index contributed by atoms with van der Waals surface area (Å²) in [7, 11) is 1.58. The molecule has 1 N–H and O–H groups in total. The molecular weight excluding hydrogens is 362 g/mol. The number of nitrogens with one attached hydrogen (secondary N) is 1. The topological polar surface area (TPSA) is 41.6 Å². The first-order chi connectivity index (χ1) is 12.5. The SMILES string of the molecule is CN(Cc1c(F)cccc1Cl)C(=O)NCCCCOc1ccc(F)cc1. The molecule has 7 heteroatoms. The van der Waals surface area contributed by atoms with Gasteiger partial charge >= 0.3 is 6.03 Å². The lowest BCUT2D eigenvalue weighted by atomic mass is 10.2. The first-order valence-corrected chi connectivity index (χ1v) is 8.65. The fourth-order valence-corrected chi connectivity index (χ4v) is 2.49. The van der Waals surface area contributed by atoms with Crippen LogP contribution in [0.2, 0.25) is 5.02 Å². The molecule has 0 aromatic heterocycles. The molecule has 4 nitrogen and oxygen atoms in total. The van der Waals surface area contributed by atoms with Crippen LogP contribution in [-0.2, 0) is 6.54 Å². The highest BCUT2D eigenvalue weighted by Crippen LogP contribution is 2.20. The number of unbranched alkanes of at least 4 members (excludes halogenated alkanes) is 1. The van der Waals surface area contributed by atoms with E-state index in [1.54, 1.807) is 25.2 Å². The molecule has 0 aliphatic rings. The van der Waals surface area contributed by atoms with Gasteiger partial charge in [0.05, 0.1) is 13.2 Å². The van der Waals surface area contributed by atoms with E-state index in [9.17, 15) is 13.6 Å². The molecule has 0 fully saturated rings. The number of benzene rings is 2. The molecule has 2 amide bonds. The van der Waals surface area contributed by atoms with Crippen molar-refractivity contribution in [3.63, 3.8) is 0 Å². The predicted octanol–water partition coefficient (Wildman–Crippen LogP) is 4.62. The van der Waals surface area contributed by atoms with Crippen LogP contribution in [0.1, 0.15) is 18.4 Å². The number of hydrogen-bond donors (Lipinski definition) is 1. The van der Waals surface area contributed by atoms with Crippen molar-refractivity contribution in [2.75, 3.05) is 20.2 Å². The van der Waals surface area contributed by atoms with Crippen molar-refractivity contribution >= 4 is 17.6 Å². The highest BCUT2D eigenvalue weighted by molar-refractivity contribution is 6.31. The second-order valence-electron chi connectivity index (χ2n) is 5.80. The van der Waals surface area contributed by atoms with Crippen LogP contribution in [0.5, 0.6) is 5.75 Å². The average Bonchev–Trinajstić information content (AvgIpc) is 2.62. The van der Waals surface area contributed by atoms with E-state index >= 15 is 0 Å². The summed E-state index contributed by atoms with van der Waals surface area (Å²) in [6.45, 7) is 1.04. The van der Waals surface area contributed by atoms with Crippen LogP contribution in [0, 0.1) is 11.6 Å². The van der Waals surface area contributed by atoms with E-state index < -0.39 is 5.82 Å². The summed E-state index contributed by atoms with van der Waals surface area (Å²) in [5.41, 5.74) is 0.291. The molecule has 2 aromatic carbocycles. The van der Waals surface area contributed by atoms with Gasteiger partial charge in [-0.1, -0.05) is 17.7 Å². The lowest BCUT2D eigenvalue weighted by molar-refractivity contribution is 0.205. The summed E-state index contributed by atoms with van der Waals surface area (Å²) in [6, 6.07) is 9.94. The van der Waals surface area contributed by atoms with Crippen LogP contribution in [0.15, 0.2) is 42.5 Å². The number of ether oxygens (including phenoxy) is 1. The minimum absolute atomic E-state index is 0.0883. The summed E-state index contributed by atoms with van der Waals surface area (Å²) >= 11 is 5.97. The molecule has 0 aliphatic heterocycles. The third kappa shape index (κ3) is 6.19. The van der Waals surface area contributed by atoms with Gasteiger partial charge in [0.2, 0.25) is 0 Å². The van der Waals surface area contributed by atoms with Gasteiger partial charge < -0.3 is 15.0 Å². The van der Waals surface area contributed by atoms with Crippen LogP contribution in [0.4, 0.5) is 13.6 Å². The van der Waals surface area contributed by atoms with Gasteiger partial charge in [-0.3, -0.25) is 0 Å². The molecule has 0 heterocycles. The summed E-state index contributed by atoms with van der Waals surface area (Å²) in [5, 5.41) is 3.06. The third-order valence-electron chi connectivity index (χ3n) is 3.73. The Labute approximate surface area is 156 Å². The Kier molecular flexibility index (Phi) is 7.66. The molecule has 2 aromatic rings. The molecule has 0 bridgehead atoms. The maximum absolute atomic E-state index is 13.8. The van der Waals surface area contributed by atoms with Gasteiger partial charge in [0, 0.05) is 24.2 Å². The van der Waals surface area contributed by atoms with Crippen molar-refractivity contribution in [2.45, 2.75) is 19.4 Å². The molecule has 140 valence electrons. The van der Waals surface area contributed by atoms with E-state index in [4.69, 9.17) is 16.3 Å². The van der Waals surface area contributed by atoms with Gasteiger partial charge in [-0.25, -0.2) is 13.6 Å². The van der Waals surface area contributed by atoms with Gasteiger partial charge in [-0.15, -0.1) is 0 Å². The normalized spacial score (nSPS) is 10.5. The van der Waals surface area contributed by atoms with E-state index in [-0.39, 0.29) is 18.4 Å². The van der Waals surface area contributed by atoms with Crippen LogP contribution in [-0.4, -0.2) is 31.1 Å². The maximum atomic E-state index is 13.8. The Hall–Kier alpha value is -2.34. The van der Waals surface area contributed by atoms with E-state index in [1.165, 1.54) is 29.2 Å². The Morgan fingerprint density at radius 1 is 1.15 bits per heavy atom. The van der Waals surface area contributed by atoms with Crippen molar-refractivity contribution in [1.29, 1.82) is 0 Å². The van der Waals surface area contributed by atoms with Gasteiger partial charge in [0.25, 0.3) is 0 Å². The summed E-state index contributed by atoms with van der Waals surface area (Å²) < 4.78 is 32.0. The van der Waals surface area contributed by atoms with Crippen LogP contribution < -0.4 is 10.1 Å². The van der Waals surface area contributed by atoms with E-state index in [1.807, 2.05) is 0 Å². The van der Waals surface area contributed by atoms with Gasteiger partial charge in [-0.2, -0.15) is 0 Å². The molecular formula is C19H21ClF2N2O2. The second kappa shape index (κ2) is 9.97.